The first-order valence-electron chi connectivity index (χ1n) is 9.89. The molecule has 3 heterocycles. The third kappa shape index (κ3) is 4.83. The van der Waals surface area contributed by atoms with Gasteiger partial charge in [-0.05, 0) is 53.9 Å². The summed E-state index contributed by atoms with van der Waals surface area (Å²) in [4.78, 5) is 35.5. The van der Waals surface area contributed by atoms with Gasteiger partial charge in [0.2, 0.25) is 5.91 Å². The van der Waals surface area contributed by atoms with E-state index in [1.165, 1.54) is 0 Å². The number of halogens is 1. The number of hydrogen-bond acceptors (Lipinski definition) is 5. The number of nitrogen functional groups attached to an aromatic ring is 1. The van der Waals surface area contributed by atoms with Crippen LogP contribution in [0, 0.1) is 6.92 Å². The van der Waals surface area contributed by atoms with Gasteiger partial charge in [0.25, 0.3) is 5.91 Å². The summed E-state index contributed by atoms with van der Waals surface area (Å²) < 4.78 is 0. The first kappa shape index (κ1) is 20.8. The highest BCUT2D eigenvalue weighted by molar-refractivity contribution is 6.30. The molecule has 7 nitrogen and oxygen atoms in total. The van der Waals surface area contributed by atoms with Crippen LogP contribution in [0.4, 0.5) is 5.82 Å². The number of pyridine rings is 2. The van der Waals surface area contributed by atoms with E-state index < -0.39 is 0 Å². The fourth-order valence-corrected chi connectivity index (χ4v) is 3.80. The van der Waals surface area contributed by atoms with E-state index >= 15 is 0 Å². The number of aryl methyl sites for hydroxylation is 1. The van der Waals surface area contributed by atoms with Gasteiger partial charge in [-0.25, -0.2) is 4.98 Å². The Morgan fingerprint density at radius 2 is 2.03 bits per heavy atom. The van der Waals surface area contributed by atoms with Crippen molar-refractivity contribution in [2.24, 2.45) is 0 Å². The SMILES string of the molecule is Cc1nc(N)ccc1CNC(=O)c1ccnc(CN2Cc3cc(Cl)ccc3CC2=O)c1. The second-order valence-corrected chi connectivity index (χ2v) is 7.98. The molecule has 4 rings (SSSR count). The minimum Gasteiger partial charge on any atom is -0.384 e. The molecule has 0 saturated heterocycles. The van der Waals surface area contributed by atoms with Gasteiger partial charge in [-0.3, -0.25) is 14.6 Å². The van der Waals surface area contributed by atoms with Gasteiger partial charge >= 0.3 is 0 Å². The highest BCUT2D eigenvalue weighted by Gasteiger charge is 2.23. The van der Waals surface area contributed by atoms with Crippen molar-refractivity contribution in [2.75, 3.05) is 5.73 Å². The highest BCUT2D eigenvalue weighted by Crippen LogP contribution is 2.24. The quantitative estimate of drug-likeness (QED) is 0.641. The van der Waals surface area contributed by atoms with Gasteiger partial charge in [0, 0.05) is 35.6 Å². The Hall–Kier alpha value is -3.45. The number of amides is 2. The van der Waals surface area contributed by atoms with Gasteiger partial charge in [0.05, 0.1) is 18.7 Å². The van der Waals surface area contributed by atoms with Gasteiger partial charge in [-0.1, -0.05) is 23.7 Å². The number of nitrogens with two attached hydrogens (primary N) is 1. The molecule has 0 unspecified atom stereocenters. The molecule has 0 bridgehead atoms. The minimum absolute atomic E-state index is 0.0257. The average molecular weight is 436 g/mol. The molecular formula is C23H22ClN5O2. The number of hydrogen-bond donors (Lipinski definition) is 2. The average Bonchev–Trinajstić information content (AvgIpc) is 2.74. The molecule has 3 aromatic rings. The molecule has 0 radical (unpaired) electrons. The summed E-state index contributed by atoms with van der Waals surface area (Å²) in [7, 11) is 0. The molecule has 0 atom stereocenters. The van der Waals surface area contributed by atoms with Gasteiger partial charge in [0.1, 0.15) is 5.82 Å². The Labute approximate surface area is 185 Å². The molecule has 0 saturated carbocycles. The number of nitrogens with zero attached hydrogens (tertiary/aromatic N) is 3. The van der Waals surface area contributed by atoms with Gasteiger partial charge in [-0.2, -0.15) is 0 Å². The lowest BCUT2D eigenvalue weighted by molar-refractivity contribution is -0.132. The van der Waals surface area contributed by atoms with E-state index in [2.05, 4.69) is 15.3 Å². The van der Waals surface area contributed by atoms with Gasteiger partial charge in [-0.15, -0.1) is 0 Å². The molecule has 3 N–H and O–H groups in total. The van der Waals surface area contributed by atoms with Crippen LogP contribution in [0.3, 0.4) is 0 Å². The van der Waals surface area contributed by atoms with Crippen LogP contribution < -0.4 is 11.1 Å². The Bertz CT molecular complexity index is 1160. The Kier molecular flexibility index (Phi) is 5.86. The smallest absolute Gasteiger partial charge is 0.251 e. The minimum atomic E-state index is -0.220. The fourth-order valence-electron chi connectivity index (χ4n) is 3.60. The molecule has 1 aromatic carbocycles. The van der Waals surface area contributed by atoms with Crippen molar-refractivity contribution < 1.29 is 9.59 Å². The van der Waals surface area contributed by atoms with Crippen LogP contribution in [-0.2, 0) is 30.8 Å². The van der Waals surface area contributed by atoms with Crippen molar-refractivity contribution in [3.8, 4) is 0 Å². The summed E-state index contributed by atoms with van der Waals surface area (Å²) in [5.74, 6) is 0.253. The Morgan fingerprint density at radius 1 is 1.19 bits per heavy atom. The first-order valence-corrected chi connectivity index (χ1v) is 10.3. The monoisotopic (exact) mass is 435 g/mol. The molecule has 0 aliphatic carbocycles. The van der Waals surface area contributed by atoms with Gasteiger partial charge in [0.15, 0.2) is 0 Å². The third-order valence-electron chi connectivity index (χ3n) is 5.31. The molecule has 0 fully saturated rings. The summed E-state index contributed by atoms with van der Waals surface area (Å²) in [5.41, 5.74) is 10.5. The number of nitrogens with one attached hydrogen (secondary N) is 1. The van der Waals surface area contributed by atoms with E-state index in [4.69, 9.17) is 17.3 Å². The summed E-state index contributed by atoms with van der Waals surface area (Å²) in [5, 5.41) is 3.54. The number of carbonyl (C=O) groups excluding carboxylic acids is 2. The number of anilines is 1. The van der Waals surface area contributed by atoms with Crippen LogP contribution in [0.25, 0.3) is 0 Å². The van der Waals surface area contributed by atoms with E-state index in [9.17, 15) is 9.59 Å². The summed E-state index contributed by atoms with van der Waals surface area (Å²) in [6.07, 6.45) is 1.92. The Morgan fingerprint density at radius 3 is 2.84 bits per heavy atom. The van der Waals surface area contributed by atoms with Crippen molar-refractivity contribution >= 4 is 29.2 Å². The van der Waals surface area contributed by atoms with Crippen LogP contribution >= 0.6 is 11.6 Å². The zero-order chi connectivity index (χ0) is 22.0. The first-order chi connectivity index (χ1) is 14.9. The predicted molar refractivity (Wildman–Crippen MR) is 118 cm³/mol. The number of rotatable bonds is 5. The number of aromatic nitrogens is 2. The van der Waals surface area contributed by atoms with E-state index in [1.807, 2.05) is 25.1 Å². The molecule has 1 aliphatic rings. The van der Waals surface area contributed by atoms with Crippen LogP contribution in [0.1, 0.15) is 38.4 Å². The van der Waals surface area contributed by atoms with Crippen LogP contribution in [0.5, 0.6) is 0 Å². The predicted octanol–water partition coefficient (Wildman–Crippen LogP) is 3.04. The zero-order valence-electron chi connectivity index (χ0n) is 17.1. The lowest BCUT2D eigenvalue weighted by atomic mass is 9.99. The van der Waals surface area contributed by atoms with E-state index in [0.29, 0.717) is 48.2 Å². The third-order valence-corrected chi connectivity index (χ3v) is 5.55. The molecule has 8 heteroatoms. The maximum absolute atomic E-state index is 12.6. The highest BCUT2D eigenvalue weighted by atomic mass is 35.5. The largest absolute Gasteiger partial charge is 0.384 e. The second kappa shape index (κ2) is 8.73. The lowest BCUT2D eigenvalue weighted by Gasteiger charge is -2.28. The Balaban J connectivity index is 1.43. The summed E-state index contributed by atoms with van der Waals surface area (Å²) in [6, 6.07) is 12.5. The molecule has 31 heavy (non-hydrogen) atoms. The van der Waals surface area contributed by atoms with E-state index in [0.717, 1.165) is 22.4 Å². The maximum atomic E-state index is 12.6. The normalized spacial score (nSPS) is 13.1. The number of fused-ring (bicyclic) bond motifs is 1. The number of carbonyl (C=O) groups is 2. The van der Waals surface area contributed by atoms with Crippen molar-refractivity contribution in [3.63, 3.8) is 0 Å². The molecule has 1 aliphatic heterocycles. The lowest BCUT2D eigenvalue weighted by Crippen LogP contribution is -2.36. The van der Waals surface area contributed by atoms with Crippen LogP contribution in [0.2, 0.25) is 5.02 Å². The molecule has 0 spiro atoms. The van der Waals surface area contributed by atoms with Crippen LogP contribution in [-0.4, -0.2) is 26.7 Å². The molecule has 2 amide bonds. The van der Waals surface area contributed by atoms with E-state index in [-0.39, 0.29) is 11.8 Å². The summed E-state index contributed by atoms with van der Waals surface area (Å²) in [6.45, 7) is 2.99. The molecule has 158 valence electrons. The fraction of sp³-hybridized carbons (Fsp3) is 0.217. The van der Waals surface area contributed by atoms with Crippen molar-refractivity contribution in [3.05, 3.63) is 87.3 Å². The maximum Gasteiger partial charge on any atom is 0.251 e. The van der Waals surface area contributed by atoms with Crippen LogP contribution in [0.15, 0.2) is 48.7 Å². The number of benzene rings is 1. The van der Waals surface area contributed by atoms with Crippen molar-refractivity contribution in [2.45, 2.75) is 33.0 Å². The summed E-state index contributed by atoms with van der Waals surface area (Å²) >= 11 is 6.10. The van der Waals surface area contributed by atoms with E-state index in [1.54, 1.807) is 35.4 Å². The second-order valence-electron chi connectivity index (χ2n) is 7.54. The standard InChI is InChI=1S/C23H22ClN5O2/c1-14-17(3-5-21(25)28-14)11-27-23(31)16-6-7-26-20(9-16)13-29-12-18-8-19(24)4-2-15(18)10-22(29)30/h2-9H,10-13H2,1H3,(H2,25,28)(H,27,31). The zero-order valence-corrected chi connectivity index (χ0v) is 17.8. The molecule has 2 aromatic heterocycles. The van der Waals surface area contributed by atoms with Gasteiger partial charge < -0.3 is 16.0 Å². The molecular weight excluding hydrogens is 414 g/mol. The topological polar surface area (TPSA) is 101 Å². The van der Waals surface area contributed by atoms with Crippen molar-refractivity contribution in [1.29, 1.82) is 0 Å². The van der Waals surface area contributed by atoms with Crippen molar-refractivity contribution in [1.82, 2.24) is 20.2 Å².